The Morgan fingerprint density at radius 1 is 1.00 bits per heavy atom. The van der Waals surface area contributed by atoms with Crippen molar-refractivity contribution in [2.45, 2.75) is 6.18 Å². The van der Waals surface area contributed by atoms with Crippen molar-refractivity contribution in [3.63, 3.8) is 0 Å². The molecule has 0 aliphatic rings. The summed E-state index contributed by atoms with van der Waals surface area (Å²) in [7, 11) is 0. The molecule has 0 radical (unpaired) electrons. The number of benzene rings is 2. The summed E-state index contributed by atoms with van der Waals surface area (Å²) < 4.78 is 71.0. The summed E-state index contributed by atoms with van der Waals surface area (Å²) in [5.74, 6) is -3.62. The molecule has 0 fully saturated rings. The molecule has 0 heterocycles. The fourth-order valence-corrected chi connectivity index (χ4v) is 2.17. The van der Waals surface area contributed by atoms with E-state index in [-0.39, 0.29) is 17.9 Å². The van der Waals surface area contributed by atoms with Crippen molar-refractivity contribution in [3.05, 3.63) is 55.6 Å². The van der Waals surface area contributed by atoms with E-state index < -0.39 is 29.1 Å². The number of alkyl halides is 3. The lowest BCUT2D eigenvalue weighted by atomic mass is 10.2. The second kappa shape index (κ2) is 6.07. The normalized spacial score (nSPS) is 11.6. The molecule has 0 saturated heterocycles. The van der Waals surface area contributed by atoms with E-state index in [1.807, 2.05) is 22.6 Å². The van der Waals surface area contributed by atoms with Crippen molar-refractivity contribution < 1.29 is 26.7 Å². The molecule has 0 aromatic heterocycles. The van der Waals surface area contributed by atoms with Gasteiger partial charge in [0.25, 0.3) is 0 Å². The van der Waals surface area contributed by atoms with Crippen molar-refractivity contribution in [1.29, 1.82) is 0 Å². The highest BCUT2D eigenvalue weighted by Gasteiger charge is 2.33. The third kappa shape index (κ3) is 3.85. The van der Waals surface area contributed by atoms with E-state index in [1.165, 1.54) is 12.1 Å². The van der Waals surface area contributed by atoms with Crippen LogP contribution in [0.5, 0.6) is 11.5 Å². The molecule has 0 bridgehead atoms. The average Bonchev–Trinajstić information content (AvgIpc) is 2.36. The Balaban J connectivity index is 2.39. The van der Waals surface area contributed by atoms with Crippen LogP contribution >= 0.6 is 38.5 Å². The van der Waals surface area contributed by atoms with Crippen LogP contribution in [0.3, 0.4) is 0 Å². The van der Waals surface area contributed by atoms with Gasteiger partial charge in [-0.1, -0.05) is 0 Å². The van der Waals surface area contributed by atoms with Gasteiger partial charge in [0.2, 0.25) is 0 Å². The zero-order valence-corrected chi connectivity index (χ0v) is 13.7. The zero-order chi connectivity index (χ0) is 15.8. The Kier molecular flexibility index (Phi) is 4.76. The second-order valence-electron chi connectivity index (χ2n) is 3.94. The van der Waals surface area contributed by atoms with E-state index >= 15 is 0 Å². The van der Waals surface area contributed by atoms with Gasteiger partial charge in [-0.25, -0.2) is 8.78 Å². The van der Waals surface area contributed by atoms with Gasteiger partial charge >= 0.3 is 6.18 Å². The van der Waals surface area contributed by atoms with Crippen LogP contribution in [0.25, 0.3) is 0 Å². The summed E-state index contributed by atoms with van der Waals surface area (Å²) in [5, 5.41) is 0. The number of hydrogen-bond acceptors (Lipinski definition) is 1. The highest BCUT2D eigenvalue weighted by atomic mass is 127. The van der Waals surface area contributed by atoms with Gasteiger partial charge in [-0.3, -0.25) is 0 Å². The van der Waals surface area contributed by atoms with E-state index in [2.05, 4.69) is 15.9 Å². The molecule has 8 heteroatoms. The molecular weight excluding hydrogens is 474 g/mol. The fourth-order valence-electron chi connectivity index (χ4n) is 1.48. The van der Waals surface area contributed by atoms with Crippen LogP contribution in [0.15, 0.2) is 34.8 Å². The molecule has 112 valence electrons. The van der Waals surface area contributed by atoms with Crippen molar-refractivity contribution in [1.82, 2.24) is 0 Å². The Hall–Kier alpha value is -0.900. The molecule has 0 spiro atoms. The van der Waals surface area contributed by atoms with Gasteiger partial charge in [0.15, 0.2) is 17.4 Å². The fraction of sp³-hybridized carbons (Fsp3) is 0.0769. The molecule has 2 aromatic rings. The standard InChI is InChI=1S/C13H5BrF5IO/c14-8-5-7(1-2-11(8)20)21-12-9(15)3-6(4-10(12)16)13(17,18)19/h1-5H. The minimum absolute atomic E-state index is 0.0971. The topological polar surface area (TPSA) is 9.23 Å². The van der Waals surface area contributed by atoms with Gasteiger partial charge in [-0.05, 0) is 68.9 Å². The molecule has 0 aliphatic carbocycles. The van der Waals surface area contributed by atoms with Crippen molar-refractivity contribution in [2.24, 2.45) is 0 Å². The molecular formula is C13H5BrF5IO. The molecule has 0 N–H and O–H groups in total. The predicted octanol–water partition coefficient (Wildman–Crippen LogP) is 6.14. The summed E-state index contributed by atoms with van der Waals surface area (Å²) in [6, 6.07) is 4.92. The smallest absolute Gasteiger partial charge is 0.416 e. The zero-order valence-electron chi connectivity index (χ0n) is 9.94. The average molecular weight is 479 g/mol. The first kappa shape index (κ1) is 16.5. The Bertz CT molecular complexity index is 664. The first-order chi connectivity index (χ1) is 9.68. The van der Waals surface area contributed by atoms with Gasteiger partial charge in [-0.2, -0.15) is 13.2 Å². The number of hydrogen-bond donors (Lipinski definition) is 0. The van der Waals surface area contributed by atoms with Crippen molar-refractivity contribution in [2.75, 3.05) is 0 Å². The van der Waals surface area contributed by atoms with Crippen LogP contribution < -0.4 is 4.74 Å². The van der Waals surface area contributed by atoms with E-state index in [0.29, 0.717) is 4.47 Å². The monoisotopic (exact) mass is 478 g/mol. The van der Waals surface area contributed by atoms with Crippen LogP contribution in [0.1, 0.15) is 5.56 Å². The van der Waals surface area contributed by atoms with E-state index in [9.17, 15) is 22.0 Å². The second-order valence-corrected chi connectivity index (χ2v) is 5.96. The molecule has 0 atom stereocenters. The third-order valence-electron chi connectivity index (χ3n) is 2.44. The highest BCUT2D eigenvalue weighted by molar-refractivity contribution is 14.1. The third-order valence-corrected chi connectivity index (χ3v) is 4.77. The first-order valence-corrected chi connectivity index (χ1v) is 7.25. The molecule has 2 aromatic carbocycles. The Morgan fingerprint density at radius 2 is 1.57 bits per heavy atom. The van der Waals surface area contributed by atoms with E-state index in [1.54, 1.807) is 6.07 Å². The summed E-state index contributed by atoms with van der Waals surface area (Å²) in [6.45, 7) is 0. The van der Waals surface area contributed by atoms with Gasteiger partial charge < -0.3 is 4.74 Å². The minimum atomic E-state index is -4.83. The van der Waals surface area contributed by atoms with Crippen LogP contribution in [-0.4, -0.2) is 0 Å². The van der Waals surface area contributed by atoms with E-state index in [0.717, 1.165) is 3.57 Å². The summed E-state index contributed by atoms with van der Waals surface area (Å²) >= 11 is 5.23. The molecule has 0 amide bonds. The molecule has 21 heavy (non-hydrogen) atoms. The number of halogens is 7. The summed E-state index contributed by atoms with van der Waals surface area (Å²) in [5.41, 5.74) is -1.41. The summed E-state index contributed by atoms with van der Waals surface area (Å²) in [4.78, 5) is 0. The van der Waals surface area contributed by atoms with Gasteiger partial charge in [-0.15, -0.1) is 0 Å². The molecule has 0 aliphatic heterocycles. The maximum absolute atomic E-state index is 13.6. The van der Waals surface area contributed by atoms with E-state index in [4.69, 9.17) is 4.74 Å². The maximum Gasteiger partial charge on any atom is 0.416 e. The van der Waals surface area contributed by atoms with Gasteiger partial charge in [0, 0.05) is 8.04 Å². The largest absolute Gasteiger partial charge is 0.451 e. The highest BCUT2D eigenvalue weighted by Crippen LogP contribution is 2.36. The Labute approximate surface area is 138 Å². The van der Waals surface area contributed by atoms with Crippen molar-refractivity contribution in [3.8, 4) is 11.5 Å². The SMILES string of the molecule is Fc1cc(C(F)(F)F)cc(F)c1Oc1ccc(I)c(Br)c1. The number of ether oxygens (including phenoxy) is 1. The lowest BCUT2D eigenvalue weighted by molar-refractivity contribution is -0.138. The number of rotatable bonds is 2. The first-order valence-electron chi connectivity index (χ1n) is 5.37. The van der Waals surface area contributed by atoms with Crippen LogP contribution in [0.4, 0.5) is 22.0 Å². The molecule has 0 saturated carbocycles. The van der Waals surface area contributed by atoms with Crippen LogP contribution in [0.2, 0.25) is 0 Å². The Morgan fingerprint density at radius 3 is 2.05 bits per heavy atom. The minimum Gasteiger partial charge on any atom is -0.451 e. The molecule has 1 nitrogen and oxygen atoms in total. The van der Waals surface area contributed by atoms with Gasteiger partial charge in [0.05, 0.1) is 5.56 Å². The maximum atomic E-state index is 13.6. The summed E-state index contributed by atoms with van der Waals surface area (Å²) in [6.07, 6.45) is -4.83. The quantitative estimate of drug-likeness (QED) is 0.372. The van der Waals surface area contributed by atoms with Gasteiger partial charge in [0.1, 0.15) is 5.75 Å². The lowest BCUT2D eigenvalue weighted by Gasteiger charge is -2.12. The van der Waals surface area contributed by atoms with Crippen molar-refractivity contribution >= 4 is 38.5 Å². The lowest BCUT2D eigenvalue weighted by Crippen LogP contribution is -2.07. The van der Waals surface area contributed by atoms with Crippen LogP contribution in [0, 0.1) is 15.2 Å². The molecule has 0 unspecified atom stereocenters. The predicted molar refractivity (Wildman–Crippen MR) is 78.3 cm³/mol. The molecule has 2 rings (SSSR count). The van der Waals surface area contributed by atoms with Crippen LogP contribution in [-0.2, 0) is 6.18 Å².